The van der Waals surface area contributed by atoms with Gasteiger partial charge in [0.2, 0.25) is 0 Å². The van der Waals surface area contributed by atoms with Crippen molar-refractivity contribution in [3.63, 3.8) is 0 Å². The van der Waals surface area contributed by atoms with Gasteiger partial charge in [-0.1, -0.05) is 37.5 Å². The molecule has 0 unspecified atom stereocenters. The molecule has 3 heteroatoms. The number of phenols is 1. The quantitative estimate of drug-likeness (QED) is 0.817. The number of phenolic OH excluding ortho intramolecular Hbond substituents is 1. The van der Waals surface area contributed by atoms with Crippen LogP contribution in [0.25, 0.3) is 5.57 Å². The summed E-state index contributed by atoms with van der Waals surface area (Å²) in [6.07, 6.45) is 10.0. The lowest BCUT2D eigenvalue weighted by atomic mass is 9.72. The van der Waals surface area contributed by atoms with Crippen LogP contribution in [0, 0.1) is 0 Å². The molecular weight excluding hydrogens is 258 g/mol. The van der Waals surface area contributed by atoms with E-state index in [-0.39, 0.29) is 17.9 Å². The van der Waals surface area contributed by atoms with Crippen LogP contribution >= 0.6 is 12.4 Å². The van der Waals surface area contributed by atoms with Crippen molar-refractivity contribution in [3.05, 3.63) is 35.9 Å². The third-order valence-corrected chi connectivity index (χ3v) is 4.36. The van der Waals surface area contributed by atoms with Crippen LogP contribution in [0.3, 0.4) is 0 Å². The van der Waals surface area contributed by atoms with E-state index in [0.29, 0.717) is 5.75 Å². The molecular formula is C16H22ClNO. The molecule has 2 nitrogen and oxygen atoms in total. The molecule has 2 aliphatic rings. The Labute approximate surface area is 121 Å². The van der Waals surface area contributed by atoms with Gasteiger partial charge >= 0.3 is 0 Å². The molecule has 0 amide bonds. The van der Waals surface area contributed by atoms with Crippen molar-refractivity contribution < 1.29 is 5.11 Å². The van der Waals surface area contributed by atoms with Crippen molar-refractivity contribution in [1.82, 2.24) is 5.32 Å². The fraction of sp³-hybridized carbons (Fsp3) is 0.500. The van der Waals surface area contributed by atoms with Gasteiger partial charge in [-0.05, 0) is 49.1 Å². The van der Waals surface area contributed by atoms with E-state index in [1.54, 1.807) is 12.1 Å². The van der Waals surface area contributed by atoms with E-state index in [1.807, 2.05) is 12.1 Å². The van der Waals surface area contributed by atoms with Crippen LogP contribution in [0.2, 0.25) is 0 Å². The average molecular weight is 280 g/mol. The van der Waals surface area contributed by atoms with Gasteiger partial charge in [0.25, 0.3) is 0 Å². The van der Waals surface area contributed by atoms with Gasteiger partial charge in [0.15, 0.2) is 0 Å². The molecule has 1 spiro atoms. The predicted octanol–water partition coefficient (Wildman–Crippen LogP) is 3.89. The zero-order chi connectivity index (χ0) is 12.4. The summed E-state index contributed by atoms with van der Waals surface area (Å²) in [4.78, 5) is 0. The molecule has 1 aliphatic heterocycles. The van der Waals surface area contributed by atoms with Crippen LogP contribution < -0.4 is 5.32 Å². The molecule has 1 fully saturated rings. The van der Waals surface area contributed by atoms with Crippen molar-refractivity contribution in [2.75, 3.05) is 6.54 Å². The molecule has 1 aromatic rings. The highest BCUT2D eigenvalue weighted by molar-refractivity contribution is 5.85. The Morgan fingerprint density at radius 3 is 2.37 bits per heavy atom. The second-order valence-electron chi connectivity index (χ2n) is 5.52. The zero-order valence-corrected chi connectivity index (χ0v) is 12.0. The number of nitrogens with one attached hydrogen (secondary N) is 1. The van der Waals surface area contributed by atoms with Crippen LogP contribution in [0.15, 0.2) is 30.3 Å². The van der Waals surface area contributed by atoms with Gasteiger partial charge in [-0.25, -0.2) is 0 Å². The second kappa shape index (κ2) is 5.98. The summed E-state index contributed by atoms with van der Waals surface area (Å²) in [5.41, 5.74) is 2.92. The first-order valence-electron chi connectivity index (χ1n) is 7.05. The first-order valence-corrected chi connectivity index (χ1v) is 7.05. The molecule has 1 aliphatic carbocycles. The third-order valence-electron chi connectivity index (χ3n) is 4.36. The average Bonchev–Trinajstić information content (AvgIpc) is 2.42. The van der Waals surface area contributed by atoms with Crippen LogP contribution in [0.1, 0.15) is 44.1 Å². The summed E-state index contributed by atoms with van der Waals surface area (Å²) in [5, 5.41) is 13.2. The van der Waals surface area contributed by atoms with E-state index in [4.69, 9.17) is 0 Å². The SMILES string of the molecule is Cl.Oc1ccc(C2=CCCNC23CCCCC3)cc1. The topological polar surface area (TPSA) is 32.3 Å². The Hall–Kier alpha value is -0.990. The fourth-order valence-corrected chi connectivity index (χ4v) is 3.46. The molecule has 1 aromatic carbocycles. The first-order chi connectivity index (χ1) is 8.80. The minimum atomic E-state index is 0. The molecule has 0 radical (unpaired) electrons. The summed E-state index contributed by atoms with van der Waals surface area (Å²) in [7, 11) is 0. The van der Waals surface area contributed by atoms with Gasteiger partial charge in [0.1, 0.15) is 5.75 Å². The number of halogens is 1. The van der Waals surface area contributed by atoms with Crippen LogP contribution in [0.5, 0.6) is 5.75 Å². The van der Waals surface area contributed by atoms with Crippen molar-refractivity contribution in [2.24, 2.45) is 0 Å². The fourth-order valence-electron chi connectivity index (χ4n) is 3.46. The van der Waals surface area contributed by atoms with Gasteiger partial charge in [-0.2, -0.15) is 0 Å². The number of benzene rings is 1. The predicted molar refractivity (Wildman–Crippen MR) is 81.8 cm³/mol. The smallest absolute Gasteiger partial charge is 0.115 e. The summed E-state index contributed by atoms with van der Waals surface area (Å²) in [6, 6.07) is 7.68. The molecule has 1 heterocycles. The highest BCUT2D eigenvalue weighted by atomic mass is 35.5. The van der Waals surface area contributed by atoms with Gasteiger partial charge in [-0.15, -0.1) is 12.4 Å². The first kappa shape index (κ1) is 14.4. The number of rotatable bonds is 1. The number of aromatic hydroxyl groups is 1. The highest BCUT2D eigenvalue weighted by Gasteiger charge is 2.37. The van der Waals surface area contributed by atoms with E-state index in [2.05, 4.69) is 11.4 Å². The van der Waals surface area contributed by atoms with E-state index in [9.17, 15) is 5.11 Å². The largest absolute Gasteiger partial charge is 0.508 e. The zero-order valence-electron chi connectivity index (χ0n) is 11.2. The summed E-state index contributed by atoms with van der Waals surface area (Å²) < 4.78 is 0. The molecule has 2 N–H and O–H groups in total. The molecule has 0 aromatic heterocycles. The van der Waals surface area contributed by atoms with Gasteiger partial charge in [-0.3, -0.25) is 0 Å². The maximum Gasteiger partial charge on any atom is 0.115 e. The highest BCUT2D eigenvalue weighted by Crippen LogP contribution is 2.41. The monoisotopic (exact) mass is 279 g/mol. The Morgan fingerprint density at radius 1 is 1.00 bits per heavy atom. The Morgan fingerprint density at radius 2 is 1.68 bits per heavy atom. The minimum absolute atomic E-state index is 0. The van der Waals surface area contributed by atoms with Gasteiger partial charge < -0.3 is 10.4 Å². The van der Waals surface area contributed by atoms with Crippen molar-refractivity contribution in [1.29, 1.82) is 0 Å². The van der Waals surface area contributed by atoms with Gasteiger partial charge in [0.05, 0.1) is 0 Å². The number of hydrogen-bond donors (Lipinski definition) is 2. The van der Waals surface area contributed by atoms with Crippen molar-refractivity contribution in [3.8, 4) is 5.75 Å². The molecule has 3 rings (SSSR count). The standard InChI is InChI=1S/C16H21NO.ClH/c18-14-8-6-13(7-9-14)15-5-4-12-17-16(15)10-2-1-3-11-16;/h5-9,17-18H,1-4,10-12H2;1H. The lowest BCUT2D eigenvalue weighted by Crippen LogP contribution is -2.49. The summed E-state index contributed by atoms with van der Waals surface area (Å²) in [6.45, 7) is 1.10. The molecule has 104 valence electrons. The van der Waals surface area contributed by atoms with E-state index in [1.165, 1.54) is 43.2 Å². The maximum absolute atomic E-state index is 9.42. The number of hydrogen-bond acceptors (Lipinski definition) is 2. The van der Waals surface area contributed by atoms with Crippen molar-refractivity contribution in [2.45, 2.75) is 44.1 Å². The molecule has 0 bridgehead atoms. The Kier molecular flexibility index (Phi) is 4.54. The third kappa shape index (κ3) is 2.80. The van der Waals surface area contributed by atoms with Crippen LogP contribution in [-0.4, -0.2) is 17.2 Å². The minimum Gasteiger partial charge on any atom is -0.508 e. The Balaban J connectivity index is 0.00000133. The van der Waals surface area contributed by atoms with E-state index >= 15 is 0 Å². The summed E-state index contributed by atoms with van der Waals surface area (Å²) in [5.74, 6) is 0.348. The van der Waals surface area contributed by atoms with Gasteiger partial charge in [0, 0.05) is 5.54 Å². The van der Waals surface area contributed by atoms with Crippen molar-refractivity contribution >= 4 is 18.0 Å². The molecule has 0 saturated heterocycles. The van der Waals surface area contributed by atoms with Crippen LogP contribution in [0.4, 0.5) is 0 Å². The van der Waals surface area contributed by atoms with E-state index < -0.39 is 0 Å². The normalized spacial score (nSPS) is 21.6. The maximum atomic E-state index is 9.42. The second-order valence-corrected chi connectivity index (χ2v) is 5.52. The van der Waals surface area contributed by atoms with Crippen LogP contribution in [-0.2, 0) is 0 Å². The molecule has 0 atom stereocenters. The Bertz CT molecular complexity index is 446. The van der Waals surface area contributed by atoms with E-state index in [0.717, 1.165) is 13.0 Å². The molecule has 1 saturated carbocycles. The molecule has 19 heavy (non-hydrogen) atoms. The summed E-state index contributed by atoms with van der Waals surface area (Å²) >= 11 is 0. The lowest BCUT2D eigenvalue weighted by Gasteiger charge is -2.43. The lowest BCUT2D eigenvalue weighted by molar-refractivity contribution is 0.295.